The molecule has 3 saturated heterocycles. The number of nitrogens with zero attached hydrogens (tertiary/aromatic N) is 6. The van der Waals surface area contributed by atoms with Crippen LogP contribution in [0.25, 0.3) is 33.2 Å². The molecular weight excluding hydrogens is 1020 g/mol. The van der Waals surface area contributed by atoms with Gasteiger partial charge in [-0.15, -0.1) is 0 Å². The molecule has 6 aromatic rings. The lowest BCUT2D eigenvalue weighted by Crippen LogP contribution is -2.83. The van der Waals surface area contributed by atoms with Crippen molar-refractivity contribution in [2.24, 2.45) is 16.9 Å². The van der Waals surface area contributed by atoms with Crippen LogP contribution in [0.5, 0.6) is 11.8 Å². The molecule has 19 heteroatoms. The molecule has 1 saturated carbocycles. The molecule has 7 atom stereocenters. The van der Waals surface area contributed by atoms with Crippen LogP contribution in [0.4, 0.5) is 15.9 Å². The van der Waals surface area contributed by atoms with Crippen molar-refractivity contribution >= 4 is 52.4 Å². The van der Waals surface area contributed by atoms with Gasteiger partial charge in [-0.05, 0) is 110 Å². The zero-order valence-electron chi connectivity index (χ0n) is 46.2. The molecule has 0 spiro atoms. The van der Waals surface area contributed by atoms with Crippen LogP contribution in [0.15, 0.2) is 90.3 Å². The fourth-order valence-corrected chi connectivity index (χ4v) is 11.4. The van der Waals surface area contributed by atoms with Crippen molar-refractivity contribution < 1.29 is 38.3 Å². The number of aromatic nitrogens is 3. The number of likely N-dealkylation sites (tertiary alicyclic amines) is 1. The number of nitrogens with one attached hydrogen (secondary N) is 4. The Kier molecular flexibility index (Phi) is 16.5. The molecular formula is C61H72FN12O6+. The van der Waals surface area contributed by atoms with Gasteiger partial charge in [0.15, 0.2) is 17.7 Å². The number of ether oxygens (including phenoxy) is 3. The van der Waals surface area contributed by atoms with Crippen molar-refractivity contribution in [3.8, 4) is 34.0 Å². The lowest BCUT2D eigenvalue weighted by Gasteiger charge is -2.31. The molecule has 2 aromatic heterocycles. The highest BCUT2D eigenvalue weighted by atomic mass is 19.1. The van der Waals surface area contributed by atoms with Crippen molar-refractivity contribution in [2.75, 3.05) is 44.0 Å². The van der Waals surface area contributed by atoms with Crippen LogP contribution < -0.4 is 41.6 Å². The number of piperazine rings is 1. The average molecular weight is 1090 g/mol. The van der Waals surface area contributed by atoms with E-state index >= 15 is 4.39 Å². The number of hydrogen-bond acceptors (Lipinski definition) is 15. The molecule has 2 bridgehead atoms. The quantitative estimate of drug-likeness (QED) is 0.0193. The standard InChI is InChI=1S/C61H71FN12O6/c1-33(2)55(60(77)73-22-8-10-52(73)59(76)69-51(31-75)41-19-15-38(16-20-41)42-9-7-21-66-27-42)68-29-50(72-65)40-13-11-37(12-14-40)32-79-57-54(53-34(3)48(62)25-49(64)47(53)26-63)45(39-17-18-39)24-46-56(57)70-61(80-36(5)35(4)78-6)71-58(46)74-30-43-23-44(74)28-67-43/h7,9,11-16,19-21,24-27,29,33,35-36,39,43-44,51-52,55,63,67,75H,8,10,17-18,22-23,28,30-32,64-65H2,1-6H3,(H,69,76)/p+1/b63-26?,68-29?,72-50+/t35-,36-,43+,44+,51+,52+,55+/m1/s1. The minimum absolute atomic E-state index is 0.0638. The summed E-state index contributed by atoms with van der Waals surface area (Å²) in [4.78, 5) is 50.0. The van der Waals surface area contributed by atoms with E-state index in [0.29, 0.717) is 70.2 Å². The molecule has 18 nitrogen and oxygen atoms in total. The molecule has 418 valence electrons. The number of hydrogen-bond donors (Lipinski definition) is 7. The van der Waals surface area contributed by atoms with E-state index in [9.17, 15) is 14.7 Å². The Hall–Kier alpha value is -7.87. The maximum atomic E-state index is 16.0. The van der Waals surface area contributed by atoms with E-state index in [2.05, 4.69) is 36.7 Å². The largest absolute Gasteiger partial charge is 0.486 e. The number of methoxy groups -OCH3 is 1. The van der Waals surface area contributed by atoms with Gasteiger partial charge in [-0.2, -0.15) is 15.1 Å². The minimum Gasteiger partial charge on any atom is -0.486 e. The number of aliphatic hydroxyl groups is 1. The van der Waals surface area contributed by atoms with Crippen LogP contribution in [0, 0.1) is 24.1 Å². The number of carbonyl (C=O) groups is 2. The molecule has 3 aliphatic heterocycles. The first-order valence-electron chi connectivity index (χ1n) is 27.7. The zero-order valence-corrected chi connectivity index (χ0v) is 46.2. The van der Waals surface area contributed by atoms with Gasteiger partial charge in [0, 0.05) is 96.7 Å². The van der Waals surface area contributed by atoms with E-state index in [0.717, 1.165) is 71.4 Å². The molecule has 9 N–H and O–H groups in total. The average Bonchev–Trinajstić information content (AvgIpc) is 3.31. The summed E-state index contributed by atoms with van der Waals surface area (Å²) < 4.78 is 35.1. The highest BCUT2D eigenvalue weighted by Gasteiger charge is 2.43. The SMILES string of the molecule is CO[C@H](C)[C@@H](C)Oc1nc(N2C[C@@H]3C[C@H]2CN3)c2cc(C3CC3)c(-c3c(C)c(F)cc(N)c3C=N)c(OCc3ccc(/C(C=[NH+][C@H](C(=O)N4CCC[C@H]4C(=O)N[C@@H](CO)c4ccc(-c5cccnc5)cc4)C(C)C)=N/N)cc3)c2n1. The van der Waals surface area contributed by atoms with Gasteiger partial charge in [0.1, 0.15) is 35.9 Å². The van der Waals surface area contributed by atoms with Crippen molar-refractivity contribution in [1.82, 2.24) is 30.5 Å². The maximum Gasteiger partial charge on any atom is 0.319 e. The van der Waals surface area contributed by atoms with E-state index in [1.54, 1.807) is 37.5 Å². The first-order chi connectivity index (χ1) is 38.7. The van der Waals surface area contributed by atoms with Crippen LogP contribution in [-0.2, 0) is 20.9 Å². The van der Waals surface area contributed by atoms with Gasteiger partial charge in [0.2, 0.25) is 11.9 Å². The Morgan fingerprint density at radius 3 is 2.44 bits per heavy atom. The third kappa shape index (κ3) is 11.3. The summed E-state index contributed by atoms with van der Waals surface area (Å²) in [6.45, 7) is 11.1. The lowest BCUT2D eigenvalue weighted by atomic mass is 9.87. The van der Waals surface area contributed by atoms with Gasteiger partial charge < -0.3 is 56.7 Å². The number of rotatable bonds is 21. The highest BCUT2D eigenvalue weighted by molar-refractivity contribution is 6.36. The summed E-state index contributed by atoms with van der Waals surface area (Å²) in [5.74, 6) is 6.07. The summed E-state index contributed by atoms with van der Waals surface area (Å²) >= 11 is 0. The van der Waals surface area contributed by atoms with E-state index in [1.807, 2.05) is 88.4 Å². The summed E-state index contributed by atoms with van der Waals surface area (Å²) in [5, 5.41) is 30.5. The molecule has 4 aliphatic rings. The molecule has 80 heavy (non-hydrogen) atoms. The number of halogens is 1. The summed E-state index contributed by atoms with van der Waals surface area (Å²) in [5.41, 5.74) is 14.4. The fourth-order valence-electron chi connectivity index (χ4n) is 11.4. The first kappa shape index (κ1) is 55.4. The normalized spacial score (nSPS) is 19.7. The predicted molar refractivity (Wildman–Crippen MR) is 308 cm³/mol. The lowest BCUT2D eigenvalue weighted by molar-refractivity contribution is -0.491. The summed E-state index contributed by atoms with van der Waals surface area (Å²) in [6.07, 6.45) is 9.56. The number of benzene rings is 4. The third-order valence-corrected chi connectivity index (χ3v) is 16.3. The van der Waals surface area contributed by atoms with Gasteiger partial charge in [-0.1, -0.05) is 68.4 Å². The van der Waals surface area contributed by atoms with Crippen LogP contribution in [0.3, 0.4) is 0 Å². The van der Waals surface area contributed by atoms with E-state index in [1.165, 1.54) is 12.3 Å². The molecule has 4 fully saturated rings. The van der Waals surface area contributed by atoms with Crippen molar-refractivity contribution in [2.45, 2.75) is 122 Å². The number of carbonyl (C=O) groups excluding carboxylic acids is 2. The number of anilines is 2. The van der Waals surface area contributed by atoms with Gasteiger partial charge in [0.25, 0.3) is 5.91 Å². The Morgan fingerprint density at radius 1 is 1.02 bits per heavy atom. The molecule has 10 rings (SSSR count). The van der Waals surface area contributed by atoms with Crippen molar-refractivity contribution in [3.63, 3.8) is 0 Å². The number of amides is 2. The summed E-state index contributed by atoms with van der Waals surface area (Å²) in [6, 6.07) is 21.0. The highest BCUT2D eigenvalue weighted by Crippen LogP contribution is 2.53. The Bertz CT molecular complexity index is 3320. The second-order valence-corrected chi connectivity index (χ2v) is 21.9. The summed E-state index contributed by atoms with van der Waals surface area (Å²) in [7, 11) is 1.63. The second kappa shape index (κ2) is 23.8. The number of pyridine rings is 1. The first-order valence-corrected chi connectivity index (χ1v) is 27.7. The fraction of sp³-hybridized carbons (Fsp3) is 0.410. The van der Waals surface area contributed by atoms with Crippen molar-refractivity contribution in [3.05, 3.63) is 124 Å². The molecule has 4 aromatic carbocycles. The van der Waals surface area contributed by atoms with Crippen LogP contribution in [0.2, 0.25) is 0 Å². The van der Waals surface area contributed by atoms with Crippen molar-refractivity contribution in [1.29, 1.82) is 5.41 Å². The maximum absolute atomic E-state index is 16.0. The topological polar surface area (TPSA) is 253 Å². The number of fused-ring (bicyclic) bond motifs is 3. The zero-order chi connectivity index (χ0) is 56.4. The number of nitrogens with two attached hydrogens (primary N) is 2. The number of nitrogen functional groups attached to an aromatic ring is 1. The van der Waals surface area contributed by atoms with Gasteiger partial charge in [-0.25, -0.2) is 9.38 Å². The van der Waals surface area contributed by atoms with Gasteiger partial charge >= 0.3 is 6.01 Å². The molecule has 2 amide bonds. The van der Waals surface area contributed by atoms with Crippen LogP contribution >= 0.6 is 0 Å². The smallest absolute Gasteiger partial charge is 0.319 e. The third-order valence-electron chi connectivity index (χ3n) is 16.3. The van der Waals surface area contributed by atoms with Gasteiger partial charge in [0.05, 0.1) is 18.8 Å². The Balaban J connectivity index is 0.920. The minimum atomic E-state index is -0.721. The van der Waals surface area contributed by atoms with Crippen LogP contribution in [0.1, 0.15) is 105 Å². The number of hydrazone groups is 1. The Labute approximate surface area is 465 Å². The van der Waals surface area contributed by atoms with E-state index in [4.69, 9.17) is 41.2 Å². The number of aliphatic hydroxyl groups excluding tert-OH is 1. The monoisotopic (exact) mass is 1090 g/mol. The van der Waals surface area contributed by atoms with Gasteiger partial charge in [-0.3, -0.25) is 14.6 Å². The van der Waals surface area contributed by atoms with E-state index < -0.39 is 30.0 Å². The van der Waals surface area contributed by atoms with E-state index in [-0.39, 0.29) is 60.7 Å². The molecule has 0 radical (unpaired) electrons. The molecule has 1 aliphatic carbocycles. The predicted octanol–water partition coefficient (Wildman–Crippen LogP) is 5.87. The second-order valence-electron chi connectivity index (χ2n) is 21.9. The molecule has 5 heterocycles. The Morgan fingerprint density at radius 2 is 1.80 bits per heavy atom. The molecule has 0 unspecified atom stereocenters. The van der Waals surface area contributed by atoms with Crippen LogP contribution in [-0.4, -0.2) is 125 Å².